The fraction of sp³-hybridized carbons (Fsp3) is 0.533. The number of fused-ring (bicyclic) bond motifs is 3. The van der Waals surface area contributed by atoms with E-state index >= 15 is 0 Å². The SMILES string of the molecule is Cn1c(=O)c2sccc2n2c(CN(CC(F)F)[C@H]3CCNC3)nnc12. The minimum Gasteiger partial charge on any atom is -0.315 e. The van der Waals surface area contributed by atoms with Crippen LogP contribution in [0.4, 0.5) is 8.78 Å². The van der Waals surface area contributed by atoms with Crippen molar-refractivity contribution in [3.05, 3.63) is 27.6 Å². The van der Waals surface area contributed by atoms with Crippen molar-refractivity contribution < 1.29 is 8.78 Å². The molecule has 4 rings (SSSR count). The summed E-state index contributed by atoms with van der Waals surface area (Å²) in [5.74, 6) is 0.994. The average Bonchev–Trinajstić information content (AvgIpc) is 3.30. The lowest BCUT2D eigenvalue weighted by Crippen LogP contribution is -2.40. The second-order valence-corrected chi connectivity index (χ2v) is 7.13. The van der Waals surface area contributed by atoms with Crippen LogP contribution >= 0.6 is 11.3 Å². The molecule has 0 unspecified atom stereocenters. The smallest absolute Gasteiger partial charge is 0.272 e. The Bertz CT molecular complexity index is 958. The highest BCUT2D eigenvalue weighted by Crippen LogP contribution is 2.21. The highest BCUT2D eigenvalue weighted by atomic mass is 32.1. The first-order valence-electron chi connectivity index (χ1n) is 8.09. The van der Waals surface area contributed by atoms with Gasteiger partial charge in [0.1, 0.15) is 4.70 Å². The fourth-order valence-electron chi connectivity index (χ4n) is 3.41. The van der Waals surface area contributed by atoms with Crippen LogP contribution < -0.4 is 10.9 Å². The Hall–Kier alpha value is -1.91. The zero-order valence-electron chi connectivity index (χ0n) is 13.7. The predicted molar refractivity (Wildman–Crippen MR) is 91.3 cm³/mol. The molecule has 25 heavy (non-hydrogen) atoms. The number of aromatic nitrogens is 4. The Morgan fingerprint density at radius 2 is 2.32 bits per heavy atom. The summed E-state index contributed by atoms with van der Waals surface area (Å²) in [7, 11) is 1.65. The molecule has 7 nitrogen and oxygen atoms in total. The number of nitrogens with one attached hydrogen (secondary N) is 1. The normalized spacial score (nSPS) is 18.4. The number of rotatable bonds is 5. The van der Waals surface area contributed by atoms with E-state index in [1.165, 1.54) is 15.9 Å². The number of aryl methyl sites for hydroxylation is 1. The van der Waals surface area contributed by atoms with Crippen LogP contribution in [0.5, 0.6) is 0 Å². The number of halogens is 2. The lowest BCUT2D eigenvalue weighted by molar-refractivity contribution is 0.0636. The number of hydrogen-bond acceptors (Lipinski definition) is 6. The van der Waals surface area contributed by atoms with Crippen molar-refractivity contribution in [1.82, 2.24) is 29.4 Å². The summed E-state index contributed by atoms with van der Waals surface area (Å²) in [6.07, 6.45) is -1.58. The molecule has 1 aliphatic rings. The van der Waals surface area contributed by atoms with Gasteiger partial charge in [0.25, 0.3) is 12.0 Å². The molecule has 10 heteroatoms. The summed E-state index contributed by atoms with van der Waals surface area (Å²) in [6, 6.07) is 1.89. The van der Waals surface area contributed by atoms with Gasteiger partial charge >= 0.3 is 0 Å². The summed E-state index contributed by atoms with van der Waals surface area (Å²) in [6.45, 7) is 1.48. The van der Waals surface area contributed by atoms with Crippen molar-refractivity contribution in [1.29, 1.82) is 0 Å². The Morgan fingerprint density at radius 1 is 1.48 bits per heavy atom. The Morgan fingerprint density at radius 3 is 3.04 bits per heavy atom. The molecule has 4 heterocycles. The summed E-state index contributed by atoms with van der Waals surface area (Å²) in [5, 5.41) is 13.4. The monoisotopic (exact) mass is 368 g/mol. The quantitative estimate of drug-likeness (QED) is 0.730. The molecular weight excluding hydrogens is 350 g/mol. The fourth-order valence-corrected chi connectivity index (χ4v) is 4.26. The maximum Gasteiger partial charge on any atom is 0.272 e. The van der Waals surface area contributed by atoms with Crippen LogP contribution in [0.2, 0.25) is 0 Å². The molecule has 1 atom stereocenters. The van der Waals surface area contributed by atoms with Gasteiger partial charge in [0.15, 0.2) is 5.82 Å². The van der Waals surface area contributed by atoms with Gasteiger partial charge < -0.3 is 5.32 Å². The number of alkyl halides is 2. The van der Waals surface area contributed by atoms with Gasteiger partial charge in [-0.25, -0.2) is 8.78 Å². The molecule has 0 amide bonds. The maximum absolute atomic E-state index is 13.1. The average molecular weight is 368 g/mol. The van der Waals surface area contributed by atoms with E-state index in [1.807, 2.05) is 11.4 Å². The van der Waals surface area contributed by atoms with Crippen molar-refractivity contribution in [2.75, 3.05) is 19.6 Å². The van der Waals surface area contributed by atoms with Gasteiger partial charge in [-0.2, -0.15) is 0 Å². The standard InChI is InChI=1S/C15H18F2N6OS/c1-21-14(24)13-10(3-5-25-13)23-12(19-20-15(21)23)8-22(7-11(16)17)9-2-4-18-6-9/h3,5,9,11,18H,2,4,6-8H2,1H3/t9-/m0/s1. The van der Waals surface area contributed by atoms with Crippen molar-refractivity contribution in [2.24, 2.45) is 7.05 Å². The summed E-state index contributed by atoms with van der Waals surface area (Å²) >= 11 is 1.36. The number of nitrogens with zero attached hydrogens (tertiary/aromatic N) is 5. The lowest BCUT2D eigenvalue weighted by atomic mass is 10.2. The molecule has 1 aliphatic heterocycles. The van der Waals surface area contributed by atoms with E-state index in [2.05, 4.69) is 15.5 Å². The topological polar surface area (TPSA) is 67.5 Å². The maximum atomic E-state index is 13.1. The first-order chi connectivity index (χ1) is 12.1. The van der Waals surface area contributed by atoms with E-state index in [4.69, 9.17) is 0 Å². The molecule has 1 saturated heterocycles. The van der Waals surface area contributed by atoms with Gasteiger partial charge in [0.2, 0.25) is 5.78 Å². The molecule has 0 spiro atoms. The number of thiophene rings is 1. The van der Waals surface area contributed by atoms with Crippen LogP contribution in [0, 0.1) is 0 Å². The van der Waals surface area contributed by atoms with Crippen LogP contribution in [0.15, 0.2) is 16.2 Å². The van der Waals surface area contributed by atoms with E-state index < -0.39 is 6.43 Å². The molecule has 1 N–H and O–H groups in total. The van der Waals surface area contributed by atoms with Gasteiger partial charge in [-0.1, -0.05) is 0 Å². The van der Waals surface area contributed by atoms with Crippen LogP contribution in [0.3, 0.4) is 0 Å². The molecule has 3 aromatic heterocycles. The first kappa shape index (κ1) is 16.6. The molecule has 0 aliphatic carbocycles. The second kappa shape index (κ2) is 6.43. The third-order valence-electron chi connectivity index (χ3n) is 4.66. The van der Waals surface area contributed by atoms with E-state index in [9.17, 15) is 13.6 Å². The first-order valence-corrected chi connectivity index (χ1v) is 8.97. The molecule has 1 fully saturated rings. The van der Waals surface area contributed by atoms with Gasteiger partial charge in [-0.15, -0.1) is 21.5 Å². The molecule has 0 bridgehead atoms. The molecule has 0 radical (unpaired) electrons. The van der Waals surface area contributed by atoms with Gasteiger partial charge in [0.05, 0.1) is 18.6 Å². The van der Waals surface area contributed by atoms with Gasteiger partial charge in [0, 0.05) is 19.6 Å². The zero-order chi connectivity index (χ0) is 17.6. The lowest BCUT2D eigenvalue weighted by Gasteiger charge is -2.27. The highest BCUT2D eigenvalue weighted by molar-refractivity contribution is 7.17. The molecule has 0 aromatic carbocycles. The van der Waals surface area contributed by atoms with Gasteiger partial charge in [-0.05, 0) is 24.4 Å². The molecule has 134 valence electrons. The molecule has 0 saturated carbocycles. The zero-order valence-corrected chi connectivity index (χ0v) is 14.5. The minimum absolute atomic E-state index is 0.0480. The summed E-state index contributed by atoms with van der Waals surface area (Å²) in [5.41, 5.74) is 0.602. The summed E-state index contributed by atoms with van der Waals surface area (Å²) < 4.78 is 30.0. The third-order valence-corrected chi connectivity index (χ3v) is 5.56. The van der Waals surface area contributed by atoms with E-state index in [1.54, 1.807) is 16.3 Å². The van der Waals surface area contributed by atoms with E-state index in [0.717, 1.165) is 18.5 Å². The van der Waals surface area contributed by atoms with Crippen LogP contribution in [0.1, 0.15) is 12.2 Å². The van der Waals surface area contributed by atoms with E-state index in [-0.39, 0.29) is 24.7 Å². The summed E-state index contributed by atoms with van der Waals surface area (Å²) in [4.78, 5) is 14.1. The number of hydrogen-bond donors (Lipinski definition) is 1. The Kier molecular flexibility index (Phi) is 4.26. The largest absolute Gasteiger partial charge is 0.315 e. The Balaban J connectivity index is 1.79. The predicted octanol–water partition coefficient (Wildman–Crippen LogP) is 1.07. The van der Waals surface area contributed by atoms with Crippen LogP contribution in [0.25, 0.3) is 16.0 Å². The minimum atomic E-state index is -2.41. The van der Waals surface area contributed by atoms with Crippen molar-refractivity contribution in [3.8, 4) is 0 Å². The van der Waals surface area contributed by atoms with Crippen LogP contribution in [-0.4, -0.2) is 56.2 Å². The van der Waals surface area contributed by atoms with Gasteiger partial charge in [-0.3, -0.25) is 18.7 Å². The van der Waals surface area contributed by atoms with Crippen molar-refractivity contribution in [2.45, 2.75) is 25.4 Å². The van der Waals surface area contributed by atoms with E-state index in [0.29, 0.717) is 22.8 Å². The van der Waals surface area contributed by atoms with Crippen molar-refractivity contribution >= 4 is 27.3 Å². The van der Waals surface area contributed by atoms with Crippen LogP contribution in [-0.2, 0) is 13.6 Å². The Labute approximate surface area is 145 Å². The third kappa shape index (κ3) is 2.83. The molecule has 3 aromatic rings. The highest BCUT2D eigenvalue weighted by Gasteiger charge is 2.27. The second-order valence-electron chi connectivity index (χ2n) is 6.22. The van der Waals surface area contributed by atoms with Crippen molar-refractivity contribution in [3.63, 3.8) is 0 Å². The molecular formula is C15H18F2N6OS.